The molecule has 21 heavy (non-hydrogen) atoms. The lowest BCUT2D eigenvalue weighted by molar-refractivity contribution is 0.215. The SMILES string of the molecule is CC(N)c1cc(F)ccc1OCCOc1ccc(Br)cc1. The number of hydrogen-bond acceptors (Lipinski definition) is 3. The van der Waals surface area contributed by atoms with E-state index in [2.05, 4.69) is 15.9 Å². The van der Waals surface area contributed by atoms with Gasteiger partial charge < -0.3 is 15.2 Å². The molecule has 0 bridgehead atoms. The number of ether oxygens (including phenoxy) is 2. The average Bonchev–Trinajstić information content (AvgIpc) is 2.46. The van der Waals surface area contributed by atoms with Crippen molar-refractivity contribution in [3.8, 4) is 11.5 Å². The molecular weight excluding hydrogens is 337 g/mol. The third-order valence-electron chi connectivity index (χ3n) is 2.89. The smallest absolute Gasteiger partial charge is 0.124 e. The fraction of sp³-hybridized carbons (Fsp3) is 0.250. The standard InChI is InChI=1S/C16H17BrFNO2/c1-11(19)15-10-13(18)4-7-16(15)21-9-8-20-14-5-2-12(17)3-6-14/h2-7,10-11H,8-9,19H2,1H3. The van der Waals surface area contributed by atoms with Gasteiger partial charge in [-0.1, -0.05) is 15.9 Å². The van der Waals surface area contributed by atoms with Crippen LogP contribution < -0.4 is 15.2 Å². The Morgan fingerprint density at radius 3 is 2.43 bits per heavy atom. The molecule has 0 heterocycles. The quantitative estimate of drug-likeness (QED) is 0.796. The van der Waals surface area contributed by atoms with E-state index in [1.165, 1.54) is 12.1 Å². The van der Waals surface area contributed by atoms with Gasteiger partial charge in [0.05, 0.1) is 0 Å². The molecule has 0 aliphatic heterocycles. The summed E-state index contributed by atoms with van der Waals surface area (Å²) in [7, 11) is 0. The maximum Gasteiger partial charge on any atom is 0.124 e. The van der Waals surface area contributed by atoms with Gasteiger partial charge >= 0.3 is 0 Å². The second-order valence-corrected chi connectivity index (χ2v) is 5.54. The Morgan fingerprint density at radius 1 is 1.10 bits per heavy atom. The van der Waals surface area contributed by atoms with Gasteiger partial charge in [-0.15, -0.1) is 0 Å². The molecule has 0 spiro atoms. The third kappa shape index (κ3) is 4.72. The van der Waals surface area contributed by atoms with Crippen LogP contribution in [0.25, 0.3) is 0 Å². The average molecular weight is 354 g/mol. The molecule has 2 aromatic carbocycles. The van der Waals surface area contributed by atoms with Gasteiger partial charge in [-0.25, -0.2) is 4.39 Å². The summed E-state index contributed by atoms with van der Waals surface area (Å²) in [6.07, 6.45) is 0. The van der Waals surface area contributed by atoms with Crippen molar-refractivity contribution in [1.82, 2.24) is 0 Å². The van der Waals surface area contributed by atoms with Crippen LogP contribution in [0, 0.1) is 5.82 Å². The van der Waals surface area contributed by atoms with Crippen molar-refractivity contribution in [3.05, 3.63) is 58.3 Å². The molecule has 0 aliphatic rings. The van der Waals surface area contributed by atoms with Crippen LogP contribution in [-0.4, -0.2) is 13.2 Å². The summed E-state index contributed by atoms with van der Waals surface area (Å²) in [5.74, 6) is 1.04. The highest BCUT2D eigenvalue weighted by Crippen LogP contribution is 2.24. The predicted octanol–water partition coefficient (Wildman–Crippen LogP) is 4.07. The van der Waals surface area contributed by atoms with Crippen molar-refractivity contribution >= 4 is 15.9 Å². The first kappa shape index (κ1) is 15.8. The maximum atomic E-state index is 13.2. The molecule has 0 amide bonds. The maximum absolute atomic E-state index is 13.2. The first-order chi connectivity index (χ1) is 10.1. The highest BCUT2D eigenvalue weighted by molar-refractivity contribution is 9.10. The van der Waals surface area contributed by atoms with Gasteiger partial charge in [0.25, 0.3) is 0 Å². The third-order valence-corrected chi connectivity index (χ3v) is 3.41. The fourth-order valence-corrected chi connectivity index (χ4v) is 2.11. The summed E-state index contributed by atoms with van der Waals surface area (Å²) in [5.41, 5.74) is 6.46. The molecule has 3 nitrogen and oxygen atoms in total. The van der Waals surface area contributed by atoms with E-state index in [1.807, 2.05) is 24.3 Å². The summed E-state index contributed by atoms with van der Waals surface area (Å²) >= 11 is 3.36. The molecular formula is C16H17BrFNO2. The van der Waals surface area contributed by atoms with Crippen LogP contribution in [-0.2, 0) is 0 Å². The zero-order chi connectivity index (χ0) is 15.2. The highest BCUT2D eigenvalue weighted by Gasteiger charge is 2.09. The number of nitrogens with two attached hydrogens (primary N) is 1. The van der Waals surface area contributed by atoms with E-state index in [0.717, 1.165) is 10.2 Å². The van der Waals surface area contributed by atoms with Crippen molar-refractivity contribution < 1.29 is 13.9 Å². The molecule has 5 heteroatoms. The molecule has 2 aromatic rings. The molecule has 0 radical (unpaired) electrons. The molecule has 112 valence electrons. The normalized spacial score (nSPS) is 12.0. The van der Waals surface area contributed by atoms with Gasteiger partial charge in [0, 0.05) is 16.1 Å². The molecule has 0 fully saturated rings. The van der Waals surface area contributed by atoms with Crippen molar-refractivity contribution in [2.24, 2.45) is 5.73 Å². The van der Waals surface area contributed by atoms with Crippen LogP contribution in [0.2, 0.25) is 0 Å². The molecule has 1 atom stereocenters. The minimum Gasteiger partial charge on any atom is -0.490 e. The van der Waals surface area contributed by atoms with Crippen LogP contribution in [0.3, 0.4) is 0 Å². The second-order valence-electron chi connectivity index (χ2n) is 4.62. The molecule has 2 rings (SSSR count). The summed E-state index contributed by atoms with van der Waals surface area (Å²) < 4.78 is 25.4. The van der Waals surface area contributed by atoms with Crippen LogP contribution in [0.5, 0.6) is 11.5 Å². The highest BCUT2D eigenvalue weighted by atomic mass is 79.9. The summed E-state index contributed by atoms with van der Waals surface area (Å²) in [4.78, 5) is 0. The minimum absolute atomic E-state index is 0.289. The van der Waals surface area contributed by atoms with E-state index in [4.69, 9.17) is 15.2 Å². The lowest BCUT2D eigenvalue weighted by Crippen LogP contribution is -2.13. The number of hydrogen-bond donors (Lipinski definition) is 1. The Bertz CT molecular complexity index is 587. The Kier molecular flexibility index (Phi) is 5.59. The van der Waals surface area contributed by atoms with Crippen LogP contribution in [0.15, 0.2) is 46.9 Å². The van der Waals surface area contributed by atoms with Gasteiger partial charge in [-0.05, 0) is 49.4 Å². The Labute approximate surface area is 132 Å². The van der Waals surface area contributed by atoms with E-state index in [0.29, 0.717) is 24.5 Å². The van der Waals surface area contributed by atoms with E-state index in [-0.39, 0.29) is 11.9 Å². The molecule has 0 aromatic heterocycles. The van der Waals surface area contributed by atoms with Crippen molar-refractivity contribution in [2.45, 2.75) is 13.0 Å². The fourth-order valence-electron chi connectivity index (χ4n) is 1.85. The van der Waals surface area contributed by atoms with Gasteiger partial charge in [0.2, 0.25) is 0 Å². The van der Waals surface area contributed by atoms with Crippen LogP contribution >= 0.6 is 15.9 Å². The Balaban J connectivity index is 1.87. The summed E-state index contributed by atoms with van der Waals surface area (Å²) in [6.45, 7) is 2.55. The number of rotatable bonds is 6. The van der Waals surface area contributed by atoms with E-state index < -0.39 is 0 Å². The Hall–Kier alpha value is -1.59. The molecule has 0 saturated heterocycles. The van der Waals surface area contributed by atoms with Gasteiger partial charge in [0.15, 0.2) is 0 Å². The first-order valence-electron chi connectivity index (χ1n) is 6.62. The van der Waals surface area contributed by atoms with Gasteiger partial charge in [-0.2, -0.15) is 0 Å². The largest absolute Gasteiger partial charge is 0.490 e. The van der Waals surface area contributed by atoms with Crippen molar-refractivity contribution in [1.29, 1.82) is 0 Å². The van der Waals surface area contributed by atoms with Crippen molar-refractivity contribution in [3.63, 3.8) is 0 Å². The van der Waals surface area contributed by atoms with Gasteiger partial charge in [-0.3, -0.25) is 0 Å². The lowest BCUT2D eigenvalue weighted by Gasteiger charge is -2.14. The monoisotopic (exact) mass is 353 g/mol. The van der Waals surface area contributed by atoms with Crippen LogP contribution in [0.4, 0.5) is 4.39 Å². The van der Waals surface area contributed by atoms with Crippen molar-refractivity contribution in [2.75, 3.05) is 13.2 Å². The van der Waals surface area contributed by atoms with E-state index in [1.54, 1.807) is 13.0 Å². The summed E-state index contributed by atoms with van der Waals surface area (Å²) in [5, 5.41) is 0. The summed E-state index contributed by atoms with van der Waals surface area (Å²) in [6, 6.07) is 11.6. The van der Waals surface area contributed by atoms with E-state index in [9.17, 15) is 4.39 Å². The number of halogens is 2. The number of benzene rings is 2. The molecule has 1 unspecified atom stereocenters. The van der Waals surface area contributed by atoms with Crippen LogP contribution in [0.1, 0.15) is 18.5 Å². The predicted molar refractivity (Wildman–Crippen MR) is 84.1 cm³/mol. The van der Waals surface area contributed by atoms with E-state index >= 15 is 0 Å². The second kappa shape index (κ2) is 7.43. The molecule has 2 N–H and O–H groups in total. The van der Waals surface area contributed by atoms with Gasteiger partial charge in [0.1, 0.15) is 30.5 Å². The Morgan fingerprint density at radius 2 is 1.76 bits per heavy atom. The lowest BCUT2D eigenvalue weighted by atomic mass is 10.1. The zero-order valence-electron chi connectivity index (χ0n) is 11.7. The minimum atomic E-state index is -0.319. The topological polar surface area (TPSA) is 44.5 Å². The zero-order valence-corrected chi connectivity index (χ0v) is 13.3. The first-order valence-corrected chi connectivity index (χ1v) is 7.42. The molecule has 0 aliphatic carbocycles. The molecule has 0 saturated carbocycles.